The van der Waals surface area contributed by atoms with Gasteiger partial charge in [0.15, 0.2) is 5.11 Å². The molecule has 2 aromatic carbocycles. The van der Waals surface area contributed by atoms with Crippen LogP contribution in [0.15, 0.2) is 48.5 Å². The van der Waals surface area contributed by atoms with Crippen molar-refractivity contribution in [3.05, 3.63) is 65.2 Å². The molecule has 0 bridgehead atoms. The smallest absolute Gasteiger partial charge is 0.338 e. The van der Waals surface area contributed by atoms with Gasteiger partial charge in [-0.1, -0.05) is 25.5 Å². The van der Waals surface area contributed by atoms with Crippen molar-refractivity contribution < 1.29 is 14.3 Å². The molecule has 29 heavy (non-hydrogen) atoms. The van der Waals surface area contributed by atoms with Crippen LogP contribution in [0.1, 0.15) is 65.3 Å². The summed E-state index contributed by atoms with van der Waals surface area (Å²) in [5.41, 5.74) is 2.91. The van der Waals surface area contributed by atoms with E-state index in [1.54, 1.807) is 36.4 Å². The Labute approximate surface area is 176 Å². The molecule has 3 rings (SSSR count). The van der Waals surface area contributed by atoms with Crippen LogP contribution in [0.25, 0.3) is 0 Å². The number of hydrogen-bond acceptors (Lipinski definition) is 4. The second-order valence-electron chi connectivity index (χ2n) is 7.20. The maximum absolute atomic E-state index is 12.3. The van der Waals surface area contributed by atoms with Crippen LogP contribution < -0.4 is 10.6 Å². The minimum atomic E-state index is -0.296. The number of nitrogens with one attached hydrogen (secondary N) is 2. The van der Waals surface area contributed by atoms with Gasteiger partial charge in [-0.05, 0) is 86.3 Å². The van der Waals surface area contributed by atoms with Crippen LogP contribution in [0.5, 0.6) is 0 Å². The first-order valence-corrected chi connectivity index (χ1v) is 10.5. The molecule has 0 saturated heterocycles. The highest BCUT2D eigenvalue weighted by Gasteiger charge is 2.18. The van der Waals surface area contributed by atoms with Crippen molar-refractivity contribution >= 4 is 34.9 Å². The summed E-state index contributed by atoms with van der Waals surface area (Å²) >= 11 is 5.22. The number of ether oxygens (including phenoxy) is 1. The summed E-state index contributed by atoms with van der Waals surface area (Å²) in [6.45, 7) is 2.06. The number of hydrogen-bond donors (Lipinski definition) is 2. The second kappa shape index (κ2) is 10.2. The van der Waals surface area contributed by atoms with Crippen molar-refractivity contribution in [1.82, 2.24) is 5.32 Å². The van der Waals surface area contributed by atoms with E-state index < -0.39 is 0 Å². The third kappa shape index (κ3) is 6.12. The van der Waals surface area contributed by atoms with Crippen molar-refractivity contribution in [2.75, 3.05) is 5.32 Å². The predicted octanol–water partition coefficient (Wildman–Crippen LogP) is 4.87. The summed E-state index contributed by atoms with van der Waals surface area (Å²) in [5.74, 6) is -0.562. The van der Waals surface area contributed by atoms with Crippen molar-refractivity contribution in [3.8, 4) is 0 Å². The molecule has 0 aliphatic heterocycles. The highest BCUT2D eigenvalue weighted by molar-refractivity contribution is 7.80. The monoisotopic (exact) mass is 410 g/mol. The Kier molecular flexibility index (Phi) is 7.36. The van der Waals surface area contributed by atoms with Crippen molar-refractivity contribution in [2.24, 2.45) is 0 Å². The lowest BCUT2D eigenvalue weighted by atomic mass is 9.98. The summed E-state index contributed by atoms with van der Waals surface area (Å²) in [6.07, 6.45) is 6.30. The Morgan fingerprint density at radius 3 is 2.21 bits per heavy atom. The van der Waals surface area contributed by atoms with Crippen LogP contribution in [0.2, 0.25) is 0 Å². The number of aryl methyl sites for hydroxylation is 1. The molecule has 0 atom stereocenters. The summed E-state index contributed by atoms with van der Waals surface area (Å²) in [6, 6.07) is 14.3. The summed E-state index contributed by atoms with van der Waals surface area (Å²) in [4.78, 5) is 24.5. The number of benzene rings is 2. The molecule has 0 spiro atoms. The quantitative estimate of drug-likeness (QED) is 0.544. The van der Waals surface area contributed by atoms with E-state index >= 15 is 0 Å². The predicted molar refractivity (Wildman–Crippen MR) is 118 cm³/mol. The van der Waals surface area contributed by atoms with E-state index in [9.17, 15) is 9.59 Å². The number of rotatable bonds is 5. The van der Waals surface area contributed by atoms with Gasteiger partial charge >= 0.3 is 5.97 Å². The van der Waals surface area contributed by atoms with E-state index in [1.165, 1.54) is 12.0 Å². The van der Waals surface area contributed by atoms with Crippen LogP contribution in [0.4, 0.5) is 5.69 Å². The Balaban J connectivity index is 1.51. The SMILES string of the molecule is CCc1ccc(C(=O)NC(=S)Nc2ccc(C(=O)OC3CCCCC3)cc2)cc1. The molecule has 0 heterocycles. The lowest BCUT2D eigenvalue weighted by molar-refractivity contribution is 0.0211. The fourth-order valence-electron chi connectivity index (χ4n) is 3.32. The van der Waals surface area contributed by atoms with Gasteiger partial charge in [0, 0.05) is 11.3 Å². The molecular formula is C23H26N2O3S. The van der Waals surface area contributed by atoms with Gasteiger partial charge in [-0.2, -0.15) is 0 Å². The van der Waals surface area contributed by atoms with E-state index in [-0.39, 0.29) is 23.1 Å². The zero-order chi connectivity index (χ0) is 20.6. The van der Waals surface area contributed by atoms with Crippen LogP contribution in [-0.2, 0) is 11.2 Å². The molecule has 1 aliphatic carbocycles. The zero-order valence-corrected chi connectivity index (χ0v) is 17.4. The Morgan fingerprint density at radius 2 is 1.59 bits per heavy atom. The highest BCUT2D eigenvalue weighted by Crippen LogP contribution is 2.21. The fourth-order valence-corrected chi connectivity index (χ4v) is 3.53. The van der Waals surface area contributed by atoms with E-state index in [1.807, 2.05) is 12.1 Å². The third-order valence-corrected chi connectivity index (χ3v) is 5.26. The molecular weight excluding hydrogens is 384 g/mol. The number of carbonyl (C=O) groups excluding carboxylic acids is 2. The fraction of sp³-hybridized carbons (Fsp3) is 0.348. The first kappa shape index (κ1) is 21.0. The standard InChI is InChI=1S/C23H26N2O3S/c1-2-16-8-10-17(11-9-16)21(26)25-23(29)24-19-14-12-18(13-15-19)22(27)28-20-6-4-3-5-7-20/h8-15,20H,2-7H2,1H3,(H2,24,25,26,29). The third-order valence-electron chi connectivity index (χ3n) is 5.06. The molecule has 2 aromatic rings. The molecule has 1 fully saturated rings. The van der Waals surface area contributed by atoms with Gasteiger partial charge in [0.2, 0.25) is 0 Å². The number of amides is 1. The summed E-state index contributed by atoms with van der Waals surface area (Å²) < 4.78 is 5.57. The normalized spacial score (nSPS) is 14.1. The van der Waals surface area contributed by atoms with Crippen LogP contribution in [0.3, 0.4) is 0 Å². The minimum Gasteiger partial charge on any atom is -0.459 e. The zero-order valence-electron chi connectivity index (χ0n) is 16.6. The Bertz CT molecular complexity index is 857. The van der Waals surface area contributed by atoms with Gasteiger partial charge in [-0.3, -0.25) is 10.1 Å². The van der Waals surface area contributed by atoms with Gasteiger partial charge in [-0.25, -0.2) is 4.79 Å². The second-order valence-corrected chi connectivity index (χ2v) is 7.61. The van der Waals surface area contributed by atoms with Gasteiger partial charge in [0.05, 0.1) is 5.56 Å². The van der Waals surface area contributed by atoms with Crippen molar-refractivity contribution in [1.29, 1.82) is 0 Å². The maximum atomic E-state index is 12.3. The van der Waals surface area contributed by atoms with E-state index in [2.05, 4.69) is 17.6 Å². The van der Waals surface area contributed by atoms with Gasteiger partial charge in [0.1, 0.15) is 6.10 Å². The number of anilines is 1. The van der Waals surface area contributed by atoms with Crippen LogP contribution >= 0.6 is 12.2 Å². The van der Waals surface area contributed by atoms with Gasteiger partial charge in [0.25, 0.3) is 5.91 Å². The molecule has 0 aromatic heterocycles. The lowest BCUT2D eigenvalue weighted by Crippen LogP contribution is -2.34. The largest absolute Gasteiger partial charge is 0.459 e. The first-order chi connectivity index (χ1) is 14.0. The maximum Gasteiger partial charge on any atom is 0.338 e. The molecule has 152 valence electrons. The van der Waals surface area contributed by atoms with Crippen LogP contribution in [0, 0.1) is 0 Å². The van der Waals surface area contributed by atoms with Gasteiger partial charge in [-0.15, -0.1) is 0 Å². The lowest BCUT2D eigenvalue weighted by Gasteiger charge is -2.21. The topological polar surface area (TPSA) is 67.4 Å². The average molecular weight is 411 g/mol. The molecule has 0 unspecified atom stereocenters. The van der Waals surface area contributed by atoms with E-state index in [4.69, 9.17) is 17.0 Å². The molecule has 6 heteroatoms. The summed E-state index contributed by atoms with van der Waals surface area (Å²) in [5, 5.41) is 5.82. The van der Waals surface area contributed by atoms with Gasteiger partial charge < -0.3 is 10.1 Å². The molecule has 1 saturated carbocycles. The minimum absolute atomic E-state index is 0.0308. The molecule has 1 amide bonds. The first-order valence-electron chi connectivity index (χ1n) is 10.1. The molecule has 1 aliphatic rings. The van der Waals surface area contributed by atoms with Crippen LogP contribution in [-0.4, -0.2) is 23.1 Å². The highest BCUT2D eigenvalue weighted by atomic mass is 32.1. The van der Waals surface area contributed by atoms with Crippen molar-refractivity contribution in [2.45, 2.75) is 51.6 Å². The Hall–Kier alpha value is -2.73. The molecule has 5 nitrogen and oxygen atoms in total. The average Bonchev–Trinajstić information content (AvgIpc) is 2.75. The number of thiocarbonyl (C=S) groups is 1. The van der Waals surface area contributed by atoms with E-state index in [0.29, 0.717) is 16.8 Å². The summed E-state index contributed by atoms with van der Waals surface area (Å²) in [7, 11) is 0. The molecule has 2 N–H and O–H groups in total. The molecule has 0 radical (unpaired) electrons. The van der Waals surface area contributed by atoms with E-state index in [0.717, 1.165) is 32.1 Å². The number of esters is 1. The number of carbonyl (C=O) groups is 2. The van der Waals surface area contributed by atoms with Crippen molar-refractivity contribution in [3.63, 3.8) is 0 Å². The Morgan fingerprint density at radius 1 is 0.966 bits per heavy atom.